The number of hydrogen-bond acceptors (Lipinski definition) is 1. The fraction of sp³-hybridized carbons (Fsp3) is 0.0625. The monoisotopic (exact) mass is 221 g/mol. The van der Waals surface area contributed by atoms with Gasteiger partial charge in [0.2, 0.25) is 0 Å². The van der Waals surface area contributed by atoms with Gasteiger partial charge in [0.15, 0.2) is 0 Å². The predicted octanol–water partition coefficient (Wildman–Crippen LogP) is 3.58. The first-order valence-corrected chi connectivity index (χ1v) is 5.75. The second-order valence-electron chi connectivity index (χ2n) is 4.25. The molecule has 1 N–H and O–H groups in total. The molecule has 0 unspecified atom stereocenters. The van der Waals surface area contributed by atoms with Crippen molar-refractivity contribution in [3.8, 4) is 5.75 Å². The molecule has 1 aliphatic carbocycles. The third-order valence-electron chi connectivity index (χ3n) is 3.11. The molecule has 1 aliphatic rings. The number of phenols is 1. The van der Waals surface area contributed by atoms with Gasteiger partial charge in [0.05, 0.1) is 0 Å². The molecule has 0 atom stereocenters. The van der Waals surface area contributed by atoms with E-state index in [0.29, 0.717) is 5.75 Å². The third-order valence-corrected chi connectivity index (χ3v) is 3.11. The van der Waals surface area contributed by atoms with E-state index in [2.05, 4.69) is 36.8 Å². The highest BCUT2D eigenvalue weighted by molar-refractivity contribution is 5.78. The number of phenolic OH excluding ortho intramolecular Hbond substituents is 1. The fourth-order valence-corrected chi connectivity index (χ4v) is 2.16. The number of rotatable bonds is 1. The summed E-state index contributed by atoms with van der Waals surface area (Å²) in [5, 5.41) is 9.28. The van der Waals surface area contributed by atoms with Gasteiger partial charge in [-0.3, -0.25) is 0 Å². The maximum atomic E-state index is 9.28. The lowest BCUT2D eigenvalue weighted by Crippen LogP contribution is -2.00. The van der Waals surface area contributed by atoms with Gasteiger partial charge in [0.25, 0.3) is 0 Å². The van der Waals surface area contributed by atoms with Crippen LogP contribution in [0.3, 0.4) is 0 Å². The van der Waals surface area contributed by atoms with E-state index in [0.717, 1.165) is 12.0 Å². The highest BCUT2D eigenvalue weighted by Crippen LogP contribution is 2.29. The molecule has 1 nitrogen and oxygen atoms in total. The Morgan fingerprint density at radius 3 is 2.47 bits per heavy atom. The van der Waals surface area contributed by atoms with Crippen molar-refractivity contribution in [2.45, 2.75) is 6.42 Å². The van der Waals surface area contributed by atoms with Gasteiger partial charge in [0, 0.05) is 6.42 Å². The Labute approximate surface area is 101 Å². The molecule has 17 heavy (non-hydrogen) atoms. The van der Waals surface area contributed by atoms with E-state index in [1.54, 1.807) is 12.1 Å². The Hall–Kier alpha value is -2.02. The number of allylic oxidation sites excluding steroid dienone is 2. The molecule has 0 spiro atoms. The molecule has 0 amide bonds. The smallest absolute Gasteiger partial charge is 0.115 e. The summed E-state index contributed by atoms with van der Waals surface area (Å²) >= 11 is 0. The topological polar surface area (TPSA) is 20.2 Å². The predicted molar refractivity (Wildman–Crippen MR) is 69.6 cm³/mol. The number of benzene rings is 2. The molecule has 0 bridgehead atoms. The minimum absolute atomic E-state index is 0.311. The Morgan fingerprint density at radius 2 is 1.65 bits per heavy atom. The highest BCUT2D eigenvalue weighted by Gasteiger charge is 2.11. The van der Waals surface area contributed by atoms with Crippen LogP contribution in [0.2, 0.25) is 0 Å². The normalized spacial score (nSPS) is 14.0. The standard InChI is InChI=1S/C16H13O/c17-16-9-7-13(8-10-16)15-6-5-12-3-1-2-4-14(12)11-15/h1-4,6-11,17H,5H2. The van der Waals surface area contributed by atoms with Crippen molar-refractivity contribution in [3.63, 3.8) is 0 Å². The molecule has 0 saturated heterocycles. The summed E-state index contributed by atoms with van der Waals surface area (Å²) in [6.07, 6.45) is 5.41. The van der Waals surface area contributed by atoms with Crippen LogP contribution >= 0.6 is 0 Å². The summed E-state index contributed by atoms with van der Waals surface area (Å²) < 4.78 is 0. The molecule has 1 heteroatoms. The summed E-state index contributed by atoms with van der Waals surface area (Å²) in [6.45, 7) is 0. The van der Waals surface area contributed by atoms with Crippen LogP contribution in [-0.2, 0) is 6.42 Å². The molecule has 0 heterocycles. The van der Waals surface area contributed by atoms with Gasteiger partial charge < -0.3 is 5.11 Å². The lowest BCUT2D eigenvalue weighted by molar-refractivity contribution is 0.475. The van der Waals surface area contributed by atoms with Crippen molar-refractivity contribution in [3.05, 3.63) is 77.7 Å². The zero-order valence-electron chi connectivity index (χ0n) is 9.43. The Kier molecular flexibility index (Phi) is 2.45. The van der Waals surface area contributed by atoms with Crippen molar-refractivity contribution in [2.75, 3.05) is 0 Å². The van der Waals surface area contributed by atoms with E-state index < -0.39 is 0 Å². The second kappa shape index (κ2) is 4.10. The Morgan fingerprint density at radius 1 is 0.882 bits per heavy atom. The zero-order valence-corrected chi connectivity index (χ0v) is 9.43. The average Bonchev–Trinajstić information content (AvgIpc) is 2.39. The van der Waals surface area contributed by atoms with E-state index in [9.17, 15) is 5.11 Å². The van der Waals surface area contributed by atoms with Gasteiger partial charge in [-0.2, -0.15) is 0 Å². The largest absolute Gasteiger partial charge is 0.508 e. The molecule has 3 rings (SSSR count). The van der Waals surface area contributed by atoms with Crippen LogP contribution in [-0.4, -0.2) is 5.11 Å². The van der Waals surface area contributed by atoms with Crippen LogP contribution in [0.25, 0.3) is 5.57 Å². The van der Waals surface area contributed by atoms with E-state index in [1.807, 2.05) is 12.1 Å². The molecule has 0 saturated carbocycles. The van der Waals surface area contributed by atoms with Gasteiger partial charge >= 0.3 is 0 Å². The van der Waals surface area contributed by atoms with Crippen LogP contribution in [0.5, 0.6) is 5.75 Å². The molecular formula is C16H13O. The number of aromatic hydroxyl groups is 1. The van der Waals surface area contributed by atoms with Gasteiger partial charge in [-0.1, -0.05) is 42.5 Å². The summed E-state index contributed by atoms with van der Waals surface area (Å²) in [7, 11) is 0. The molecule has 0 aromatic heterocycles. The van der Waals surface area contributed by atoms with Crippen molar-refractivity contribution in [1.29, 1.82) is 0 Å². The van der Waals surface area contributed by atoms with Crippen molar-refractivity contribution >= 4 is 5.57 Å². The molecule has 2 aromatic carbocycles. The summed E-state index contributed by atoms with van der Waals surface area (Å²) in [4.78, 5) is 0. The molecule has 2 aromatic rings. The molecule has 83 valence electrons. The van der Waals surface area contributed by atoms with Crippen LogP contribution in [0.15, 0.2) is 54.6 Å². The van der Waals surface area contributed by atoms with Crippen molar-refractivity contribution in [2.24, 2.45) is 0 Å². The average molecular weight is 221 g/mol. The summed E-state index contributed by atoms with van der Waals surface area (Å²) in [6, 6.07) is 15.8. The first-order valence-electron chi connectivity index (χ1n) is 5.75. The summed E-state index contributed by atoms with van der Waals surface area (Å²) in [5.41, 5.74) is 5.04. The van der Waals surface area contributed by atoms with Gasteiger partial charge in [-0.15, -0.1) is 0 Å². The first kappa shape index (κ1) is 10.2. The third kappa shape index (κ3) is 1.96. The van der Waals surface area contributed by atoms with E-state index in [4.69, 9.17) is 0 Å². The van der Waals surface area contributed by atoms with E-state index in [-0.39, 0.29) is 0 Å². The van der Waals surface area contributed by atoms with Crippen molar-refractivity contribution in [1.82, 2.24) is 0 Å². The molecule has 0 fully saturated rings. The Bertz CT molecular complexity index is 564. The summed E-state index contributed by atoms with van der Waals surface area (Å²) in [5.74, 6) is 0.311. The molecule has 1 radical (unpaired) electrons. The number of hydrogen-bond donors (Lipinski definition) is 1. The number of fused-ring (bicyclic) bond motifs is 1. The maximum absolute atomic E-state index is 9.28. The fourth-order valence-electron chi connectivity index (χ4n) is 2.16. The Balaban J connectivity index is 1.93. The zero-order chi connectivity index (χ0) is 11.7. The van der Waals surface area contributed by atoms with Crippen molar-refractivity contribution < 1.29 is 5.11 Å². The van der Waals surface area contributed by atoms with Gasteiger partial charge in [-0.25, -0.2) is 0 Å². The highest BCUT2D eigenvalue weighted by atomic mass is 16.3. The maximum Gasteiger partial charge on any atom is 0.115 e. The SMILES string of the molecule is Oc1ccc(C2=CCc3ccccc3[CH]2)cc1. The minimum Gasteiger partial charge on any atom is -0.508 e. The van der Waals surface area contributed by atoms with Gasteiger partial charge in [-0.05, 0) is 40.8 Å². The second-order valence-corrected chi connectivity index (χ2v) is 4.25. The van der Waals surface area contributed by atoms with Crippen LogP contribution in [0, 0.1) is 6.42 Å². The lowest BCUT2D eigenvalue weighted by Gasteiger charge is -2.16. The quantitative estimate of drug-likeness (QED) is 0.780. The van der Waals surface area contributed by atoms with Crippen LogP contribution in [0.4, 0.5) is 0 Å². The van der Waals surface area contributed by atoms with E-state index in [1.165, 1.54) is 16.7 Å². The lowest BCUT2D eigenvalue weighted by atomic mass is 9.88. The van der Waals surface area contributed by atoms with Crippen LogP contribution < -0.4 is 0 Å². The minimum atomic E-state index is 0.311. The molecule has 0 aliphatic heterocycles. The van der Waals surface area contributed by atoms with Gasteiger partial charge in [0.1, 0.15) is 5.75 Å². The van der Waals surface area contributed by atoms with Crippen LogP contribution in [0.1, 0.15) is 16.7 Å². The molecular weight excluding hydrogens is 208 g/mol. The van der Waals surface area contributed by atoms with E-state index >= 15 is 0 Å². The first-order chi connectivity index (χ1) is 8.33.